The first-order valence-corrected chi connectivity index (χ1v) is 7.77. The van der Waals surface area contributed by atoms with Crippen molar-refractivity contribution in [1.29, 1.82) is 0 Å². The molecule has 0 radical (unpaired) electrons. The smallest absolute Gasteiger partial charge is 0.408 e. The van der Waals surface area contributed by atoms with Crippen molar-refractivity contribution in [3.05, 3.63) is 28.7 Å². The molecule has 2 heterocycles. The van der Waals surface area contributed by atoms with Crippen LogP contribution in [0, 0.1) is 5.92 Å². The summed E-state index contributed by atoms with van der Waals surface area (Å²) >= 11 is 0. The first kappa shape index (κ1) is 14.2. The zero-order chi connectivity index (χ0) is 14.8. The van der Waals surface area contributed by atoms with Crippen LogP contribution in [0.3, 0.4) is 0 Å². The normalized spacial score (nSPS) is 19.0. The first-order valence-electron chi connectivity index (χ1n) is 7.77. The molecule has 1 unspecified atom stereocenters. The lowest BCUT2D eigenvalue weighted by atomic mass is 9.90. The predicted molar refractivity (Wildman–Crippen MR) is 84.8 cm³/mol. The summed E-state index contributed by atoms with van der Waals surface area (Å²) in [6.45, 7) is 8.01. The van der Waals surface area contributed by atoms with E-state index in [1.165, 1.54) is 25.9 Å². The molecule has 0 bridgehead atoms. The third-order valence-corrected chi connectivity index (χ3v) is 4.60. The lowest BCUT2D eigenvalue weighted by Crippen LogP contribution is -2.39. The Morgan fingerprint density at radius 3 is 2.90 bits per heavy atom. The average Bonchev–Trinajstić information content (AvgIpc) is 2.86. The van der Waals surface area contributed by atoms with Crippen molar-refractivity contribution >= 4 is 16.8 Å². The summed E-state index contributed by atoms with van der Waals surface area (Å²) in [4.78, 5) is 16.4. The molecule has 5 heteroatoms. The third-order valence-electron chi connectivity index (χ3n) is 4.60. The summed E-state index contributed by atoms with van der Waals surface area (Å²) in [5.41, 5.74) is 2.39. The van der Waals surface area contributed by atoms with Crippen molar-refractivity contribution in [3.8, 4) is 0 Å². The minimum absolute atomic E-state index is 0.401. The van der Waals surface area contributed by atoms with E-state index in [0.29, 0.717) is 17.5 Å². The van der Waals surface area contributed by atoms with Gasteiger partial charge in [0.05, 0.1) is 5.52 Å². The molecule has 0 aliphatic carbocycles. The number of piperidine rings is 1. The van der Waals surface area contributed by atoms with Gasteiger partial charge in [0.1, 0.15) is 0 Å². The highest BCUT2D eigenvalue weighted by Crippen LogP contribution is 2.24. The van der Waals surface area contributed by atoms with Crippen LogP contribution in [-0.4, -0.2) is 35.6 Å². The molecule has 5 nitrogen and oxygen atoms in total. The molecule has 1 aliphatic rings. The fourth-order valence-corrected chi connectivity index (χ4v) is 3.19. The van der Waals surface area contributed by atoms with E-state index in [-0.39, 0.29) is 0 Å². The van der Waals surface area contributed by atoms with Gasteiger partial charge in [-0.15, -0.1) is 0 Å². The van der Waals surface area contributed by atoms with E-state index in [4.69, 9.17) is 4.42 Å². The molecule has 0 saturated carbocycles. The zero-order valence-corrected chi connectivity index (χ0v) is 12.7. The molecule has 1 aromatic heterocycles. The van der Waals surface area contributed by atoms with Crippen molar-refractivity contribution in [2.45, 2.75) is 32.7 Å². The highest BCUT2D eigenvalue weighted by atomic mass is 16.4. The van der Waals surface area contributed by atoms with Crippen LogP contribution in [0.2, 0.25) is 0 Å². The van der Waals surface area contributed by atoms with Crippen LogP contribution in [0.4, 0.5) is 5.69 Å². The number of hydrogen-bond donors (Lipinski definition) is 2. The van der Waals surface area contributed by atoms with Gasteiger partial charge < -0.3 is 14.6 Å². The standard InChI is InChI=1S/C16H23N3O2/c1-3-19-8-6-12(7-9-19)11(2)17-13-4-5-15-14(10-13)18-16(20)21-15/h4-5,10-12,17H,3,6-9H2,1-2H3,(H,18,20). The highest BCUT2D eigenvalue weighted by Gasteiger charge is 2.23. The van der Waals surface area contributed by atoms with Crippen molar-refractivity contribution < 1.29 is 4.42 Å². The first-order chi connectivity index (χ1) is 10.2. The summed E-state index contributed by atoms with van der Waals surface area (Å²) in [5.74, 6) is 0.300. The van der Waals surface area contributed by atoms with Gasteiger partial charge in [0.2, 0.25) is 0 Å². The molecule has 0 amide bonds. The maximum Gasteiger partial charge on any atom is 0.417 e. The molecule has 0 spiro atoms. The van der Waals surface area contributed by atoms with E-state index in [9.17, 15) is 4.79 Å². The summed E-state index contributed by atoms with van der Waals surface area (Å²) in [5, 5.41) is 3.56. The summed E-state index contributed by atoms with van der Waals surface area (Å²) < 4.78 is 5.02. The van der Waals surface area contributed by atoms with Crippen LogP contribution in [0.5, 0.6) is 0 Å². The molecule has 1 fully saturated rings. The summed E-state index contributed by atoms with van der Waals surface area (Å²) in [6, 6.07) is 6.18. The van der Waals surface area contributed by atoms with Crippen molar-refractivity contribution in [1.82, 2.24) is 9.88 Å². The minimum atomic E-state index is -0.401. The van der Waals surface area contributed by atoms with Crippen LogP contribution >= 0.6 is 0 Å². The van der Waals surface area contributed by atoms with Gasteiger partial charge in [0.25, 0.3) is 0 Å². The van der Waals surface area contributed by atoms with Crippen LogP contribution in [0.1, 0.15) is 26.7 Å². The Kier molecular flexibility index (Phi) is 4.01. The number of nitrogens with one attached hydrogen (secondary N) is 2. The second-order valence-corrected chi connectivity index (χ2v) is 5.93. The van der Waals surface area contributed by atoms with Gasteiger partial charge in [0.15, 0.2) is 5.58 Å². The van der Waals surface area contributed by atoms with E-state index in [2.05, 4.69) is 29.0 Å². The second kappa shape index (κ2) is 5.93. The lowest BCUT2D eigenvalue weighted by Gasteiger charge is -2.34. The van der Waals surface area contributed by atoms with Crippen LogP contribution in [0.25, 0.3) is 11.1 Å². The topological polar surface area (TPSA) is 61.3 Å². The van der Waals surface area contributed by atoms with Crippen LogP contribution in [0.15, 0.2) is 27.4 Å². The van der Waals surface area contributed by atoms with Crippen molar-refractivity contribution in [2.75, 3.05) is 25.0 Å². The number of anilines is 1. The molecular weight excluding hydrogens is 266 g/mol. The third kappa shape index (κ3) is 3.13. The molecule has 2 N–H and O–H groups in total. The number of fused-ring (bicyclic) bond motifs is 1. The van der Waals surface area contributed by atoms with E-state index in [1.54, 1.807) is 0 Å². The molecule has 3 rings (SSSR count). The Morgan fingerprint density at radius 2 is 2.19 bits per heavy atom. The fraction of sp³-hybridized carbons (Fsp3) is 0.562. The number of aromatic amines is 1. The number of hydrogen-bond acceptors (Lipinski definition) is 4. The molecule has 21 heavy (non-hydrogen) atoms. The average molecular weight is 289 g/mol. The maximum atomic E-state index is 11.2. The van der Waals surface area contributed by atoms with Crippen molar-refractivity contribution in [3.63, 3.8) is 0 Å². The van der Waals surface area contributed by atoms with Crippen LogP contribution < -0.4 is 11.1 Å². The van der Waals surface area contributed by atoms with Gasteiger partial charge in [-0.1, -0.05) is 6.92 Å². The molecule has 114 valence electrons. The largest absolute Gasteiger partial charge is 0.417 e. The molecule has 1 atom stereocenters. The van der Waals surface area contributed by atoms with Crippen molar-refractivity contribution in [2.24, 2.45) is 5.92 Å². The number of rotatable bonds is 4. The number of H-pyrrole nitrogens is 1. The monoisotopic (exact) mass is 289 g/mol. The Balaban J connectivity index is 1.65. The van der Waals surface area contributed by atoms with Gasteiger partial charge in [-0.25, -0.2) is 4.79 Å². The number of nitrogens with zero attached hydrogens (tertiary/aromatic N) is 1. The Morgan fingerprint density at radius 1 is 1.43 bits per heavy atom. The van der Waals surface area contributed by atoms with Gasteiger partial charge >= 0.3 is 5.76 Å². The minimum Gasteiger partial charge on any atom is -0.408 e. The Labute approximate surface area is 124 Å². The Hall–Kier alpha value is -1.75. The second-order valence-electron chi connectivity index (χ2n) is 5.93. The quantitative estimate of drug-likeness (QED) is 0.908. The highest BCUT2D eigenvalue weighted by molar-refractivity contribution is 5.76. The van der Waals surface area contributed by atoms with E-state index < -0.39 is 5.76 Å². The maximum absolute atomic E-state index is 11.2. The molecule has 1 saturated heterocycles. The van der Waals surface area contributed by atoms with E-state index >= 15 is 0 Å². The fourth-order valence-electron chi connectivity index (χ4n) is 3.19. The number of likely N-dealkylation sites (tertiary alicyclic amines) is 1. The number of oxazole rings is 1. The lowest BCUT2D eigenvalue weighted by molar-refractivity contribution is 0.183. The van der Waals surface area contributed by atoms with Gasteiger partial charge in [-0.2, -0.15) is 0 Å². The molecule has 2 aromatic rings. The van der Waals surface area contributed by atoms with Gasteiger partial charge in [-0.3, -0.25) is 4.98 Å². The van der Waals surface area contributed by atoms with Gasteiger partial charge in [0, 0.05) is 11.7 Å². The molecular formula is C16H23N3O2. The SMILES string of the molecule is CCN1CCC(C(C)Nc2ccc3oc(=O)[nH]c3c2)CC1. The van der Waals surface area contributed by atoms with E-state index in [1.807, 2.05) is 18.2 Å². The molecule has 1 aliphatic heterocycles. The summed E-state index contributed by atoms with van der Waals surface area (Å²) in [7, 11) is 0. The van der Waals surface area contributed by atoms with E-state index in [0.717, 1.165) is 17.7 Å². The zero-order valence-electron chi connectivity index (χ0n) is 12.7. The van der Waals surface area contributed by atoms with Gasteiger partial charge in [-0.05, 0) is 63.5 Å². The number of aromatic nitrogens is 1. The molecule has 1 aromatic carbocycles. The van der Waals surface area contributed by atoms with Crippen LogP contribution in [-0.2, 0) is 0 Å². The summed E-state index contributed by atoms with van der Waals surface area (Å²) in [6.07, 6.45) is 2.49. The Bertz CT molecular complexity index is 653. The predicted octanol–water partition coefficient (Wildman–Crippen LogP) is 2.65. The number of benzene rings is 1.